The van der Waals surface area contributed by atoms with Crippen LogP contribution in [0.4, 0.5) is 0 Å². The fraction of sp³-hybridized carbons (Fsp3) is 0.370. The maximum Gasteiger partial charge on any atom is 0.336 e. The third-order valence-corrected chi connectivity index (χ3v) is 7.45. The van der Waals surface area contributed by atoms with Crippen molar-refractivity contribution < 1.29 is 4.42 Å². The van der Waals surface area contributed by atoms with Crippen LogP contribution >= 0.6 is 11.8 Å². The van der Waals surface area contributed by atoms with Crippen LogP contribution in [0.3, 0.4) is 0 Å². The van der Waals surface area contributed by atoms with Crippen molar-refractivity contribution in [3.05, 3.63) is 81.5 Å². The van der Waals surface area contributed by atoms with Gasteiger partial charge >= 0.3 is 5.63 Å². The number of nitrogens with zero attached hydrogens (tertiary/aromatic N) is 4. The maximum absolute atomic E-state index is 12.3. The van der Waals surface area contributed by atoms with Gasteiger partial charge in [-0.15, -0.1) is 10.2 Å². The minimum atomic E-state index is -0.320. The molecule has 0 spiro atoms. The molecule has 5 rings (SSSR count). The predicted octanol–water partition coefficient (Wildman–Crippen LogP) is 5.69. The number of hydrogen-bond acceptors (Lipinski definition) is 6. The van der Waals surface area contributed by atoms with E-state index in [2.05, 4.69) is 58.6 Å². The summed E-state index contributed by atoms with van der Waals surface area (Å²) >= 11 is 1.61. The molecule has 1 aliphatic rings. The van der Waals surface area contributed by atoms with Crippen LogP contribution in [0.5, 0.6) is 0 Å². The van der Waals surface area contributed by atoms with Crippen molar-refractivity contribution in [1.82, 2.24) is 19.7 Å². The number of fused-ring (bicyclic) bond motifs is 1. The number of aryl methyl sites for hydroxylation is 1. The van der Waals surface area contributed by atoms with Crippen molar-refractivity contribution in [3.8, 4) is 5.69 Å². The van der Waals surface area contributed by atoms with E-state index in [1.165, 1.54) is 18.4 Å². The number of aromatic nitrogens is 3. The fourth-order valence-electron chi connectivity index (χ4n) is 4.75. The second-order valence-corrected chi connectivity index (χ2v) is 10.2. The Labute approximate surface area is 204 Å². The molecule has 0 unspecified atom stereocenters. The first-order valence-electron chi connectivity index (χ1n) is 11.9. The highest BCUT2D eigenvalue weighted by Crippen LogP contribution is 2.31. The second-order valence-electron chi connectivity index (χ2n) is 9.29. The molecule has 0 saturated carbocycles. The summed E-state index contributed by atoms with van der Waals surface area (Å²) in [6.45, 7) is 9.44. The highest BCUT2D eigenvalue weighted by Gasteiger charge is 2.20. The number of thioether (sulfide) groups is 1. The molecule has 1 aliphatic heterocycles. The minimum absolute atomic E-state index is 0.320. The SMILES string of the molecule is Cc1cc2oc(=O)cc(CSc3nnc(CN4CCCC4)n3-c3ccccc3)c2cc1C(C)C. The van der Waals surface area contributed by atoms with Crippen LogP contribution in [0.25, 0.3) is 16.7 Å². The quantitative estimate of drug-likeness (QED) is 0.253. The second kappa shape index (κ2) is 9.76. The lowest BCUT2D eigenvalue weighted by molar-refractivity contribution is 0.319. The predicted molar refractivity (Wildman–Crippen MR) is 137 cm³/mol. The molecule has 0 atom stereocenters. The van der Waals surface area contributed by atoms with Crippen molar-refractivity contribution >= 4 is 22.7 Å². The molecule has 3 heterocycles. The van der Waals surface area contributed by atoms with E-state index in [1.54, 1.807) is 17.8 Å². The summed E-state index contributed by atoms with van der Waals surface area (Å²) in [6.07, 6.45) is 2.48. The average Bonchev–Trinajstić information content (AvgIpc) is 3.47. The van der Waals surface area contributed by atoms with E-state index in [0.717, 1.165) is 52.8 Å². The summed E-state index contributed by atoms with van der Waals surface area (Å²) in [6, 6.07) is 16.0. The van der Waals surface area contributed by atoms with Crippen LogP contribution < -0.4 is 5.63 Å². The zero-order valence-electron chi connectivity index (χ0n) is 20.0. The lowest BCUT2D eigenvalue weighted by atomic mass is 9.95. The fourth-order valence-corrected chi connectivity index (χ4v) is 5.71. The van der Waals surface area contributed by atoms with Gasteiger partial charge in [-0.05, 0) is 79.7 Å². The maximum atomic E-state index is 12.3. The van der Waals surface area contributed by atoms with Gasteiger partial charge in [0.25, 0.3) is 0 Å². The highest BCUT2D eigenvalue weighted by atomic mass is 32.2. The largest absolute Gasteiger partial charge is 0.423 e. The molecule has 1 fully saturated rings. The van der Waals surface area contributed by atoms with Gasteiger partial charge in [0.1, 0.15) is 5.58 Å². The van der Waals surface area contributed by atoms with Crippen molar-refractivity contribution in [2.75, 3.05) is 13.1 Å². The standard InChI is InChI=1S/C27H30N4O2S/c1-18(2)22-15-23-20(14-26(32)33-24(23)13-19(22)3)17-34-27-29-28-25(16-30-11-7-8-12-30)31(27)21-9-5-4-6-10-21/h4-6,9-10,13-15,18H,7-8,11-12,16-17H2,1-3H3. The first-order chi connectivity index (χ1) is 16.5. The van der Waals surface area contributed by atoms with Gasteiger partial charge in [-0.2, -0.15) is 0 Å². The Morgan fingerprint density at radius 2 is 1.82 bits per heavy atom. The molecule has 4 aromatic rings. The summed E-state index contributed by atoms with van der Waals surface area (Å²) in [5, 5.41) is 10.9. The van der Waals surface area contributed by atoms with Gasteiger partial charge in [-0.25, -0.2) is 4.79 Å². The van der Waals surface area contributed by atoms with Gasteiger partial charge in [-0.3, -0.25) is 9.47 Å². The number of para-hydroxylation sites is 1. The van der Waals surface area contributed by atoms with Gasteiger partial charge in [0, 0.05) is 22.9 Å². The van der Waals surface area contributed by atoms with Crippen LogP contribution in [0.2, 0.25) is 0 Å². The lowest BCUT2D eigenvalue weighted by Gasteiger charge is -2.16. The molecule has 0 radical (unpaired) electrons. The number of hydrogen-bond donors (Lipinski definition) is 0. The molecule has 1 saturated heterocycles. The zero-order chi connectivity index (χ0) is 23.7. The minimum Gasteiger partial charge on any atom is -0.423 e. The van der Waals surface area contributed by atoms with Gasteiger partial charge in [0.2, 0.25) is 0 Å². The lowest BCUT2D eigenvalue weighted by Crippen LogP contribution is -2.21. The Morgan fingerprint density at radius 3 is 2.56 bits per heavy atom. The third-order valence-electron chi connectivity index (χ3n) is 6.47. The summed E-state index contributed by atoms with van der Waals surface area (Å²) < 4.78 is 7.69. The monoisotopic (exact) mass is 474 g/mol. The van der Waals surface area contributed by atoms with E-state index in [-0.39, 0.29) is 5.63 Å². The van der Waals surface area contributed by atoms with Crippen LogP contribution in [-0.2, 0) is 12.3 Å². The van der Waals surface area contributed by atoms with Crippen molar-refractivity contribution in [3.63, 3.8) is 0 Å². The van der Waals surface area contributed by atoms with Crippen LogP contribution in [-0.4, -0.2) is 32.8 Å². The van der Waals surface area contributed by atoms with E-state index < -0.39 is 0 Å². The van der Waals surface area contributed by atoms with Crippen molar-refractivity contribution in [2.24, 2.45) is 0 Å². The highest BCUT2D eigenvalue weighted by molar-refractivity contribution is 7.98. The first-order valence-corrected chi connectivity index (χ1v) is 12.9. The van der Waals surface area contributed by atoms with E-state index in [4.69, 9.17) is 4.42 Å². The van der Waals surface area contributed by atoms with E-state index >= 15 is 0 Å². The summed E-state index contributed by atoms with van der Waals surface area (Å²) in [4.78, 5) is 14.8. The Hall–Kier alpha value is -2.90. The smallest absolute Gasteiger partial charge is 0.336 e. The number of rotatable bonds is 7. The number of benzene rings is 2. The molecule has 2 aromatic carbocycles. The summed E-state index contributed by atoms with van der Waals surface area (Å²) in [5.74, 6) is 1.95. The van der Waals surface area contributed by atoms with Gasteiger partial charge in [0.15, 0.2) is 11.0 Å². The molecule has 2 aromatic heterocycles. The molecule has 6 nitrogen and oxygen atoms in total. The molecule has 34 heavy (non-hydrogen) atoms. The Kier molecular flexibility index (Phi) is 6.57. The molecular weight excluding hydrogens is 444 g/mol. The average molecular weight is 475 g/mol. The Bertz CT molecular complexity index is 1350. The molecule has 0 N–H and O–H groups in total. The zero-order valence-corrected chi connectivity index (χ0v) is 20.8. The van der Waals surface area contributed by atoms with E-state index in [9.17, 15) is 4.79 Å². The summed E-state index contributed by atoms with van der Waals surface area (Å²) in [7, 11) is 0. The topological polar surface area (TPSA) is 64.2 Å². The van der Waals surface area contributed by atoms with Crippen molar-refractivity contribution in [1.29, 1.82) is 0 Å². The van der Waals surface area contributed by atoms with Crippen LogP contribution in [0.1, 0.15) is 55.1 Å². The molecule has 176 valence electrons. The molecule has 0 amide bonds. The Balaban J connectivity index is 1.50. The third kappa shape index (κ3) is 4.68. The molecule has 7 heteroatoms. The summed E-state index contributed by atoms with van der Waals surface area (Å²) in [5.41, 5.74) is 4.75. The molecule has 0 bridgehead atoms. The Morgan fingerprint density at radius 1 is 1.06 bits per heavy atom. The van der Waals surface area contributed by atoms with E-state index in [0.29, 0.717) is 17.3 Å². The first kappa shape index (κ1) is 22.9. The normalized spacial score (nSPS) is 14.5. The molecule has 0 aliphatic carbocycles. The molecular formula is C27H30N4O2S. The van der Waals surface area contributed by atoms with Crippen LogP contribution in [0.15, 0.2) is 62.9 Å². The van der Waals surface area contributed by atoms with Gasteiger partial charge in [0.05, 0.1) is 6.54 Å². The van der Waals surface area contributed by atoms with Crippen molar-refractivity contribution in [2.45, 2.75) is 57.0 Å². The van der Waals surface area contributed by atoms with Crippen LogP contribution in [0, 0.1) is 6.92 Å². The van der Waals surface area contributed by atoms with Gasteiger partial charge in [-0.1, -0.05) is 43.8 Å². The van der Waals surface area contributed by atoms with E-state index in [1.807, 2.05) is 24.3 Å². The van der Waals surface area contributed by atoms with Gasteiger partial charge < -0.3 is 4.42 Å². The number of likely N-dealkylation sites (tertiary alicyclic amines) is 1.